The third kappa shape index (κ3) is 4.74. The second-order valence-corrected chi connectivity index (χ2v) is 5.97. The van der Waals surface area contributed by atoms with Crippen LogP contribution >= 0.6 is 7.92 Å². The molecule has 3 heteroatoms. The largest absolute Gasteiger partial charge is 0.396 e. The van der Waals surface area contributed by atoms with Crippen LogP contribution in [0.5, 0.6) is 0 Å². The van der Waals surface area contributed by atoms with E-state index in [0.717, 1.165) is 25.2 Å². The average Bonchev–Trinajstić information content (AvgIpc) is 2.30. The molecule has 0 unspecified atom stereocenters. The van der Waals surface area contributed by atoms with Gasteiger partial charge in [-0.3, -0.25) is 0 Å². The van der Waals surface area contributed by atoms with Crippen molar-refractivity contribution in [3.63, 3.8) is 0 Å². The SMILES string of the molecule is OCCCP(CCCO)c1ccccc1. The van der Waals surface area contributed by atoms with Crippen molar-refractivity contribution in [1.82, 2.24) is 0 Å². The van der Waals surface area contributed by atoms with Gasteiger partial charge in [0.25, 0.3) is 0 Å². The minimum atomic E-state index is -0.188. The van der Waals surface area contributed by atoms with Crippen molar-refractivity contribution in [2.24, 2.45) is 0 Å². The molecule has 0 fully saturated rings. The van der Waals surface area contributed by atoms with E-state index in [9.17, 15) is 0 Å². The molecule has 0 amide bonds. The van der Waals surface area contributed by atoms with Crippen LogP contribution in [0.25, 0.3) is 0 Å². The van der Waals surface area contributed by atoms with E-state index >= 15 is 0 Å². The summed E-state index contributed by atoms with van der Waals surface area (Å²) >= 11 is 0. The molecule has 2 N–H and O–H groups in total. The van der Waals surface area contributed by atoms with Gasteiger partial charge in [0, 0.05) is 13.2 Å². The Morgan fingerprint density at radius 3 is 1.87 bits per heavy atom. The Labute approximate surface area is 92.7 Å². The van der Waals surface area contributed by atoms with Gasteiger partial charge >= 0.3 is 0 Å². The Hall–Kier alpha value is -0.430. The van der Waals surface area contributed by atoms with E-state index in [2.05, 4.69) is 24.3 Å². The maximum Gasteiger partial charge on any atom is 0.0434 e. The third-order valence-electron chi connectivity index (χ3n) is 2.29. The zero-order chi connectivity index (χ0) is 10.9. The van der Waals surface area contributed by atoms with Crippen LogP contribution in [0.4, 0.5) is 0 Å². The molecule has 15 heavy (non-hydrogen) atoms. The van der Waals surface area contributed by atoms with Crippen LogP contribution < -0.4 is 5.30 Å². The Kier molecular flexibility index (Phi) is 6.58. The van der Waals surface area contributed by atoms with Crippen LogP contribution in [0.1, 0.15) is 12.8 Å². The maximum atomic E-state index is 8.85. The molecular formula is C12H19O2P. The monoisotopic (exact) mass is 226 g/mol. The Balaban J connectivity index is 2.55. The molecule has 0 aliphatic heterocycles. The lowest BCUT2D eigenvalue weighted by Gasteiger charge is -2.17. The Morgan fingerprint density at radius 1 is 0.867 bits per heavy atom. The molecule has 0 saturated heterocycles. The first-order chi connectivity index (χ1) is 7.38. The fraction of sp³-hybridized carbons (Fsp3) is 0.500. The van der Waals surface area contributed by atoms with Gasteiger partial charge in [0.15, 0.2) is 0 Å². The fourth-order valence-electron chi connectivity index (χ4n) is 1.53. The topological polar surface area (TPSA) is 40.5 Å². The minimum absolute atomic E-state index is 0.188. The molecule has 0 bridgehead atoms. The van der Waals surface area contributed by atoms with Gasteiger partial charge in [-0.15, -0.1) is 0 Å². The van der Waals surface area contributed by atoms with E-state index in [1.165, 1.54) is 5.30 Å². The minimum Gasteiger partial charge on any atom is -0.396 e. The highest BCUT2D eigenvalue weighted by Gasteiger charge is 2.09. The van der Waals surface area contributed by atoms with Crippen molar-refractivity contribution >= 4 is 13.2 Å². The molecule has 0 aliphatic rings. The van der Waals surface area contributed by atoms with Crippen molar-refractivity contribution in [2.45, 2.75) is 12.8 Å². The van der Waals surface area contributed by atoms with Crippen LogP contribution in [0.3, 0.4) is 0 Å². The second kappa shape index (κ2) is 7.81. The highest BCUT2D eigenvalue weighted by molar-refractivity contribution is 7.65. The lowest BCUT2D eigenvalue weighted by molar-refractivity contribution is 0.294. The first-order valence-corrected chi connectivity index (χ1v) is 7.11. The van der Waals surface area contributed by atoms with Crippen molar-refractivity contribution in [3.8, 4) is 0 Å². The number of rotatable bonds is 7. The third-order valence-corrected chi connectivity index (χ3v) is 5.03. The van der Waals surface area contributed by atoms with Crippen LogP contribution in [0.2, 0.25) is 0 Å². The van der Waals surface area contributed by atoms with Crippen LogP contribution in [0.15, 0.2) is 30.3 Å². The molecule has 0 radical (unpaired) electrons. The molecule has 0 heterocycles. The summed E-state index contributed by atoms with van der Waals surface area (Å²) in [6.07, 6.45) is 3.86. The number of hydrogen-bond donors (Lipinski definition) is 2. The zero-order valence-electron chi connectivity index (χ0n) is 8.97. The highest BCUT2D eigenvalue weighted by atomic mass is 31.1. The summed E-state index contributed by atoms with van der Waals surface area (Å²) in [5.74, 6) is 0. The summed E-state index contributed by atoms with van der Waals surface area (Å²) in [5.41, 5.74) is 0. The Bertz CT molecular complexity index is 243. The molecule has 0 aromatic heterocycles. The normalized spacial score (nSPS) is 10.9. The van der Waals surface area contributed by atoms with Crippen LogP contribution in [-0.4, -0.2) is 35.8 Å². The molecule has 0 atom stereocenters. The summed E-state index contributed by atoms with van der Waals surface area (Å²) in [5, 5.41) is 19.1. The van der Waals surface area contributed by atoms with Gasteiger partial charge < -0.3 is 10.2 Å². The predicted octanol–water partition coefficient (Wildman–Crippen LogP) is 1.56. The molecule has 0 saturated carbocycles. The smallest absolute Gasteiger partial charge is 0.0434 e. The summed E-state index contributed by atoms with van der Waals surface area (Å²) < 4.78 is 0. The zero-order valence-corrected chi connectivity index (χ0v) is 9.87. The molecule has 0 aliphatic carbocycles. The van der Waals surface area contributed by atoms with E-state index in [1.54, 1.807) is 0 Å². The first-order valence-electron chi connectivity index (χ1n) is 5.40. The van der Waals surface area contributed by atoms with E-state index in [-0.39, 0.29) is 21.1 Å². The van der Waals surface area contributed by atoms with Gasteiger partial charge in [0.05, 0.1) is 0 Å². The molecule has 1 rings (SSSR count). The number of aliphatic hydroxyl groups is 2. The van der Waals surface area contributed by atoms with Gasteiger partial charge in [-0.05, 0) is 30.5 Å². The van der Waals surface area contributed by atoms with E-state index in [1.807, 2.05) is 6.07 Å². The second-order valence-electron chi connectivity index (χ2n) is 3.48. The van der Waals surface area contributed by atoms with Crippen molar-refractivity contribution in [2.75, 3.05) is 25.5 Å². The van der Waals surface area contributed by atoms with Crippen molar-refractivity contribution in [3.05, 3.63) is 30.3 Å². The summed E-state index contributed by atoms with van der Waals surface area (Å²) in [4.78, 5) is 0. The summed E-state index contributed by atoms with van der Waals surface area (Å²) in [6, 6.07) is 10.4. The van der Waals surface area contributed by atoms with Gasteiger partial charge in [-0.2, -0.15) is 0 Å². The predicted molar refractivity (Wildman–Crippen MR) is 66.1 cm³/mol. The first kappa shape index (κ1) is 12.6. The van der Waals surface area contributed by atoms with Crippen molar-refractivity contribution in [1.29, 1.82) is 0 Å². The van der Waals surface area contributed by atoms with Crippen molar-refractivity contribution < 1.29 is 10.2 Å². The summed E-state index contributed by atoms with van der Waals surface area (Å²) in [7, 11) is -0.188. The molecule has 1 aromatic carbocycles. The number of hydrogen-bond acceptors (Lipinski definition) is 2. The lowest BCUT2D eigenvalue weighted by Crippen LogP contribution is -2.07. The quantitative estimate of drug-likeness (QED) is 0.693. The Morgan fingerprint density at radius 2 is 1.40 bits per heavy atom. The highest BCUT2D eigenvalue weighted by Crippen LogP contribution is 2.35. The molecule has 2 nitrogen and oxygen atoms in total. The molecular weight excluding hydrogens is 207 g/mol. The van der Waals surface area contributed by atoms with Gasteiger partial charge in [-0.25, -0.2) is 0 Å². The fourth-order valence-corrected chi connectivity index (χ4v) is 3.91. The number of aliphatic hydroxyl groups excluding tert-OH is 2. The standard InChI is InChI=1S/C12H19O2P/c13-8-4-10-15(11-5-9-14)12-6-2-1-3-7-12/h1-3,6-7,13-14H,4-5,8-11H2. The van der Waals surface area contributed by atoms with Crippen LogP contribution in [-0.2, 0) is 0 Å². The molecule has 1 aromatic rings. The van der Waals surface area contributed by atoms with E-state index in [0.29, 0.717) is 0 Å². The van der Waals surface area contributed by atoms with E-state index in [4.69, 9.17) is 10.2 Å². The van der Waals surface area contributed by atoms with Crippen LogP contribution in [0, 0.1) is 0 Å². The number of benzene rings is 1. The maximum absolute atomic E-state index is 8.85. The van der Waals surface area contributed by atoms with E-state index < -0.39 is 0 Å². The average molecular weight is 226 g/mol. The lowest BCUT2D eigenvalue weighted by atomic mass is 10.4. The molecule has 84 valence electrons. The summed E-state index contributed by atoms with van der Waals surface area (Å²) in [6.45, 7) is 0.537. The van der Waals surface area contributed by atoms with Gasteiger partial charge in [0.2, 0.25) is 0 Å². The van der Waals surface area contributed by atoms with Gasteiger partial charge in [-0.1, -0.05) is 38.3 Å². The van der Waals surface area contributed by atoms with Gasteiger partial charge in [0.1, 0.15) is 0 Å². The molecule has 0 spiro atoms.